The molecule has 1 amide bonds. The van der Waals surface area contributed by atoms with Crippen LogP contribution in [0.2, 0.25) is 0 Å². The van der Waals surface area contributed by atoms with E-state index >= 15 is 0 Å². The number of pyridine rings is 1. The first-order valence-electron chi connectivity index (χ1n) is 4.35. The summed E-state index contributed by atoms with van der Waals surface area (Å²) in [6.45, 7) is 0. The molecule has 0 atom stereocenters. The fraction of sp³-hybridized carbons (Fsp3) is 0.333. The van der Waals surface area contributed by atoms with Crippen LogP contribution in [-0.4, -0.2) is 30.3 Å². The van der Waals surface area contributed by atoms with Crippen molar-refractivity contribution in [2.75, 3.05) is 12.4 Å². The lowest BCUT2D eigenvalue weighted by Gasteiger charge is -2.14. The predicted molar refractivity (Wildman–Crippen MR) is 50.4 cm³/mol. The molecule has 4 nitrogen and oxygen atoms in total. The zero-order chi connectivity index (χ0) is 13.1. The first-order valence-corrected chi connectivity index (χ1v) is 4.35. The monoisotopic (exact) mass is 252 g/mol. The largest absolute Gasteiger partial charge is 0.481 e. The van der Waals surface area contributed by atoms with Crippen molar-refractivity contribution in [1.82, 2.24) is 4.98 Å². The van der Waals surface area contributed by atoms with Crippen molar-refractivity contribution in [3.63, 3.8) is 0 Å². The Morgan fingerprint density at radius 1 is 1.53 bits per heavy atom. The number of carbonyl (C=O) groups is 1. The summed E-state index contributed by atoms with van der Waals surface area (Å²) in [6, 6.07) is 2.29. The predicted octanol–water partition coefficient (Wildman–Crippen LogP) is 1.93. The summed E-state index contributed by atoms with van der Waals surface area (Å²) in [5.41, 5.74) is -0.109. The minimum Gasteiger partial charge on any atom is -0.481 e. The Hall–Kier alpha value is -1.86. The van der Waals surface area contributed by atoms with Crippen molar-refractivity contribution in [2.45, 2.75) is 12.3 Å². The van der Waals surface area contributed by atoms with Crippen molar-refractivity contribution < 1.29 is 27.1 Å². The Morgan fingerprint density at radius 3 is 2.71 bits per heavy atom. The number of ether oxygens (including phenoxy) is 1. The molecule has 0 aliphatic heterocycles. The third-order valence-corrected chi connectivity index (χ3v) is 1.78. The van der Waals surface area contributed by atoms with Crippen molar-refractivity contribution >= 4 is 11.6 Å². The van der Waals surface area contributed by atoms with Crippen LogP contribution in [0.1, 0.15) is 0 Å². The number of hydrogen-bond acceptors (Lipinski definition) is 3. The zero-order valence-electron chi connectivity index (χ0n) is 8.58. The molecule has 0 aliphatic rings. The molecule has 0 aliphatic carbocycles. The maximum absolute atomic E-state index is 12.6. The molecular formula is C9H8F4N2O2. The van der Waals surface area contributed by atoms with E-state index in [1.165, 1.54) is 19.4 Å². The van der Waals surface area contributed by atoms with E-state index < -0.39 is 18.3 Å². The van der Waals surface area contributed by atoms with Crippen LogP contribution in [0.4, 0.5) is 23.2 Å². The molecule has 0 radical (unpaired) electrons. The van der Waals surface area contributed by atoms with Crippen LogP contribution in [0.5, 0.6) is 5.88 Å². The minimum atomic E-state index is -4.74. The summed E-state index contributed by atoms with van der Waals surface area (Å²) in [6.07, 6.45) is -2.89. The second-order valence-electron chi connectivity index (χ2n) is 2.96. The van der Waals surface area contributed by atoms with Gasteiger partial charge in [-0.25, -0.2) is 13.8 Å². The molecule has 1 N–H and O–H groups in total. The lowest BCUT2D eigenvalue weighted by atomic mass is 10.3. The number of hydrogen-bond donors (Lipinski definition) is 1. The molecule has 0 bridgehead atoms. The molecule has 0 fully saturated rings. The van der Waals surface area contributed by atoms with E-state index in [2.05, 4.69) is 9.72 Å². The Bertz CT molecular complexity index is 412. The lowest BCUT2D eigenvalue weighted by Crippen LogP contribution is -2.40. The van der Waals surface area contributed by atoms with Gasteiger partial charge in [0.1, 0.15) is 0 Å². The Kier molecular flexibility index (Phi) is 3.87. The zero-order valence-corrected chi connectivity index (χ0v) is 8.58. The SMILES string of the molecule is COc1cc(NC(=O)C(F)(F)C(F)F)ccn1. The lowest BCUT2D eigenvalue weighted by molar-refractivity contribution is -0.163. The van der Waals surface area contributed by atoms with Crippen LogP contribution in [0, 0.1) is 0 Å². The maximum atomic E-state index is 12.6. The summed E-state index contributed by atoms with van der Waals surface area (Å²) >= 11 is 0. The molecule has 94 valence electrons. The molecule has 0 unspecified atom stereocenters. The summed E-state index contributed by atoms with van der Waals surface area (Å²) in [7, 11) is 1.28. The van der Waals surface area contributed by atoms with E-state index in [-0.39, 0.29) is 11.6 Å². The fourth-order valence-electron chi connectivity index (χ4n) is 0.912. The Balaban J connectivity index is 2.81. The molecule has 0 saturated carbocycles. The first kappa shape index (κ1) is 13.2. The number of alkyl halides is 4. The normalized spacial score (nSPS) is 11.4. The number of amides is 1. The Labute approximate surface area is 93.6 Å². The van der Waals surface area contributed by atoms with Gasteiger partial charge >= 0.3 is 18.3 Å². The number of nitrogens with zero attached hydrogens (tertiary/aromatic N) is 1. The van der Waals surface area contributed by atoms with Crippen LogP contribution in [-0.2, 0) is 4.79 Å². The van der Waals surface area contributed by atoms with E-state index in [4.69, 9.17) is 0 Å². The van der Waals surface area contributed by atoms with Gasteiger partial charge in [-0.3, -0.25) is 4.79 Å². The van der Waals surface area contributed by atoms with E-state index in [9.17, 15) is 22.4 Å². The molecule has 1 heterocycles. The standard InChI is InChI=1S/C9H8F4N2O2/c1-17-6-4-5(2-3-14-6)15-8(16)9(12,13)7(10)11/h2-4,7H,1H3,(H,14,15,16). The van der Waals surface area contributed by atoms with Gasteiger partial charge in [-0.2, -0.15) is 8.78 Å². The minimum absolute atomic E-state index is 0.0585. The summed E-state index contributed by atoms with van der Waals surface area (Å²) < 4.78 is 53.6. The second-order valence-corrected chi connectivity index (χ2v) is 2.96. The van der Waals surface area contributed by atoms with Crippen LogP contribution in [0.3, 0.4) is 0 Å². The molecule has 1 aromatic heterocycles. The highest BCUT2D eigenvalue weighted by molar-refractivity contribution is 5.96. The number of aromatic nitrogens is 1. The summed E-state index contributed by atoms with van der Waals surface area (Å²) in [5, 5.41) is 1.65. The number of halogens is 4. The smallest absolute Gasteiger partial charge is 0.383 e. The average molecular weight is 252 g/mol. The second kappa shape index (κ2) is 4.98. The van der Waals surface area contributed by atoms with Crippen molar-refractivity contribution in [2.24, 2.45) is 0 Å². The molecule has 1 aromatic rings. The van der Waals surface area contributed by atoms with Gasteiger partial charge in [0, 0.05) is 18.0 Å². The van der Waals surface area contributed by atoms with Gasteiger partial charge in [0.2, 0.25) is 5.88 Å². The van der Waals surface area contributed by atoms with Crippen molar-refractivity contribution in [3.8, 4) is 5.88 Å². The molecule has 1 rings (SSSR count). The number of carbonyl (C=O) groups excluding carboxylic acids is 1. The third-order valence-electron chi connectivity index (χ3n) is 1.78. The summed E-state index contributed by atoms with van der Waals surface area (Å²) in [5.74, 6) is -6.76. The third kappa shape index (κ3) is 3.05. The van der Waals surface area contributed by atoms with Gasteiger partial charge in [-0.15, -0.1) is 0 Å². The first-order chi connectivity index (χ1) is 7.87. The molecule has 17 heavy (non-hydrogen) atoms. The number of nitrogens with one attached hydrogen (secondary N) is 1. The van der Waals surface area contributed by atoms with Crippen LogP contribution < -0.4 is 10.1 Å². The highest BCUT2D eigenvalue weighted by Gasteiger charge is 2.48. The van der Waals surface area contributed by atoms with E-state index in [0.29, 0.717) is 0 Å². The van der Waals surface area contributed by atoms with Crippen LogP contribution >= 0.6 is 0 Å². The highest BCUT2D eigenvalue weighted by atomic mass is 19.3. The quantitative estimate of drug-likeness (QED) is 0.833. The summed E-state index contributed by atoms with van der Waals surface area (Å²) in [4.78, 5) is 14.5. The van der Waals surface area contributed by atoms with E-state index in [1.807, 2.05) is 0 Å². The highest BCUT2D eigenvalue weighted by Crippen LogP contribution is 2.25. The van der Waals surface area contributed by atoms with Crippen LogP contribution in [0.15, 0.2) is 18.3 Å². The van der Waals surface area contributed by atoms with E-state index in [0.717, 1.165) is 6.07 Å². The fourth-order valence-corrected chi connectivity index (χ4v) is 0.912. The number of methoxy groups -OCH3 is 1. The Morgan fingerprint density at radius 2 is 2.18 bits per heavy atom. The van der Waals surface area contributed by atoms with Gasteiger partial charge < -0.3 is 10.1 Å². The molecule has 8 heteroatoms. The van der Waals surface area contributed by atoms with Crippen molar-refractivity contribution in [1.29, 1.82) is 0 Å². The van der Waals surface area contributed by atoms with Gasteiger partial charge in [0.15, 0.2) is 0 Å². The van der Waals surface area contributed by atoms with Gasteiger partial charge in [-0.1, -0.05) is 0 Å². The van der Waals surface area contributed by atoms with Gasteiger partial charge in [0.05, 0.1) is 7.11 Å². The number of rotatable bonds is 4. The topological polar surface area (TPSA) is 51.2 Å². The maximum Gasteiger partial charge on any atom is 0.383 e. The average Bonchev–Trinajstić information content (AvgIpc) is 2.29. The molecule has 0 saturated heterocycles. The van der Waals surface area contributed by atoms with Crippen LogP contribution in [0.25, 0.3) is 0 Å². The van der Waals surface area contributed by atoms with Crippen molar-refractivity contribution in [3.05, 3.63) is 18.3 Å². The molecule has 0 aromatic carbocycles. The number of anilines is 1. The van der Waals surface area contributed by atoms with Gasteiger partial charge in [-0.05, 0) is 6.07 Å². The van der Waals surface area contributed by atoms with E-state index in [1.54, 1.807) is 5.32 Å². The molecule has 0 spiro atoms. The van der Waals surface area contributed by atoms with Gasteiger partial charge in [0.25, 0.3) is 0 Å². The molecular weight excluding hydrogens is 244 g/mol.